The molecule has 1 aromatic carbocycles. The van der Waals surface area contributed by atoms with Crippen LogP contribution in [-0.4, -0.2) is 23.7 Å². The number of benzene rings is 1. The van der Waals surface area contributed by atoms with Gasteiger partial charge in [-0.2, -0.15) is 0 Å². The molecule has 0 bridgehead atoms. The Labute approximate surface area is 114 Å². The molecule has 18 heavy (non-hydrogen) atoms. The van der Waals surface area contributed by atoms with Crippen LogP contribution < -0.4 is 11.1 Å². The highest BCUT2D eigenvalue weighted by Gasteiger charge is 2.26. The van der Waals surface area contributed by atoms with E-state index in [1.54, 1.807) is 18.7 Å². The normalized spacial score (nSPS) is 13.9. The van der Waals surface area contributed by atoms with Crippen molar-refractivity contribution < 1.29 is 4.79 Å². The van der Waals surface area contributed by atoms with Crippen LogP contribution in [0.5, 0.6) is 0 Å². The van der Waals surface area contributed by atoms with Crippen LogP contribution in [0.3, 0.4) is 0 Å². The number of carbonyl (C=O) groups is 1. The summed E-state index contributed by atoms with van der Waals surface area (Å²) in [6.07, 6.45) is 1.63. The van der Waals surface area contributed by atoms with E-state index in [2.05, 4.69) is 17.4 Å². The highest BCUT2D eigenvalue weighted by Crippen LogP contribution is 2.16. The topological polar surface area (TPSA) is 55.1 Å². The van der Waals surface area contributed by atoms with Crippen LogP contribution in [0.2, 0.25) is 0 Å². The second-order valence-corrected chi connectivity index (χ2v) is 5.75. The molecule has 0 aliphatic rings. The second-order valence-electron chi connectivity index (χ2n) is 4.58. The summed E-state index contributed by atoms with van der Waals surface area (Å²) in [4.78, 5) is 13.0. The number of thioether (sulfide) groups is 1. The summed E-state index contributed by atoms with van der Waals surface area (Å²) in [5.41, 5.74) is 5.20. The predicted molar refractivity (Wildman–Crippen MR) is 77.7 cm³/mol. The standard InChI is InChI=1S/C14H22N2OS/c1-3-9-14(2,15)13(17)16-10-11-18-12-7-5-4-6-8-12/h4-8H,3,9-11,15H2,1-2H3,(H,16,17). The molecule has 0 saturated heterocycles. The van der Waals surface area contributed by atoms with Gasteiger partial charge in [0.05, 0.1) is 5.54 Å². The Morgan fingerprint density at radius 3 is 2.67 bits per heavy atom. The number of amides is 1. The van der Waals surface area contributed by atoms with Gasteiger partial charge >= 0.3 is 0 Å². The Bertz CT molecular complexity index is 365. The van der Waals surface area contributed by atoms with Gasteiger partial charge in [-0.05, 0) is 25.5 Å². The third-order valence-corrected chi connectivity index (χ3v) is 3.70. The lowest BCUT2D eigenvalue weighted by Crippen LogP contribution is -2.51. The average Bonchev–Trinajstić information content (AvgIpc) is 2.35. The lowest BCUT2D eigenvalue weighted by Gasteiger charge is -2.22. The van der Waals surface area contributed by atoms with Gasteiger partial charge in [0.2, 0.25) is 5.91 Å². The summed E-state index contributed by atoms with van der Waals surface area (Å²) in [6, 6.07) is 10.2. The third kappa shape index (κ3) is 5.10. The zero-order chi connectivity index (χ0) is 13.4. The van der Waals surface area contributed by atoms with Crippen LogP contribution in [0.25, 0.3) is 0 Å². The van der Waals surface area contributed by atoms with E-state index >= 15 is 0 Å². The third-order valence-electron chi connectivity index (χ3n) is 2.69. The van der Waals surface area contributed by atoms with E-state index in [1.165, 1.54) is 4.90 Å². The fourth-order valence-electron chi connectivity index (χ4n) is 1.68. The highest BCUT2D eigenvalue weighted by atomic mass is 32.2. The lowest BCUT2D eigenvalue weighted by atomic mass is 9.97. The van der Waals surface area contributed by atoms with E-state index in [0.29, 0.717) is 13.0 Å². The molecular weight excluding hydrogens is 244 g/mol. The number of carbonyl (C=O) groups excluding carboxylic acids is 1. The first-order valence-corrected chi connectivity index (χ1v) is 7.30. The van der Waals surface area contributed by atoms with Crippen LogP contribution in [0.15, 0.2) is 35.2 Å². The van der Waals surface area contributed by atoms with Crippen molar-refractivity contribution in [1.82, 2.24) is 5.32 Å². The van der Waals surface area contributed by atoms with Gasteiger partial charge in [-0.3, -0.25) is 4.79 Å². The zero-order valence-corrected chi connectivity index (χ0v) is 11.9. The molecule has 4 heteroatoms. The quantitative estimate of drug-likeness (QED) is 0.588. The second kappa shape index (κ2) is 7.44. The summed E-state index contributed by atoms with van der Waals surface area (Å²) in [7, 11) is 0. The molecule has 0 fully saturated rings. The van der Waals surface area contributed by atoms with Gasteiger partial charge in [0.1, 0.15) is 0 Å². The Kier molecular flexibility index (Phi) is 6.22. The van der Waals surface area contributed by atoms with Crippen LogP contribution >= 0.6 is 11.8 Å². The smallest absolute Gasteiger partial charge is 0.239 e. The van der Waals surface area contributed by atoms with Crippen molar-refractivity contribution in [3.63, 3.8) is 0 Å². The number of rotatable bonds is 7. The Hall–Kier alpha value is -1.00. The summed E-state index contributed by atoms with van der Waals surface area (Å²) < 4.78 is 0. The van der Waals surface area contributed by atoms with E-state index in [9.17, 15) is 4.79 Å². The molecule has 0 spiro atoms. The molecule has 100 valence electrons. The summed E-state index contributed by atoms with van der Waals surface area (Å²) in [5, 5.41) is 2.89. The van der Waals surface area contributed by atoms with Gasteiger partial charge in [-0.25, -0.2) is 0 Å². The van der Waals surface area contributed by atoms with Gasteiger partial charge in [0, 0.05) is 17.2 Å². The molecule has 0 aliphatic heterocycles. The minimum atomic E-state index is -0.744. The Morgan fingerprint density at radius 2 is 2.06 bits per heavy atom. The molecule has 0 saturated carbocycles. The SMILES string of the molecule is CCCC(C)(N)C(=O)NCCSc1ccccc1. The van der Waals surface area contributed by atoms with Crippen molar-refractivity contribution in [2.75, 3.05) is 12.3 Å². The maximum absolute atomic E-state index is 11.8. The zero-order valence-electron chi connectivity index (χ0n) is 11.1. The van der Waals surface area contributed by atoms with Crippen LogP contribution in [0.1, 0.15) is 26.7 Å². The van der Waals surface area contributed by atoms with Crippen molar-refractivity contribution in [1.29, 1.82) is 0 Å². The molecule has 0 radical (unpaired) electrons. The average molecular weight is 266 g/mol. The minimum absolute atomic E-state index is 0.0574. The molecule has 1 rings (SSSR count). The maximum atomic E-state index is 11.8. The number of hydrogen-bond acceptors (Lipinski definition) is 3. The van der Waals surface area contributed by atoms with Crippen LogP contribution in [-0.2, 0) is 4.79 Å². The Morgan fingerprint density at radius 1 is 1.39 bits per heavy atom. The van der Waals surface area contributed by atoms with E-state index < -0.39 is 5.54 Å². The maximum Gasteiger partial charge on any atom is 0.239 e. The first kappa shape index (κ1) is 15.1. The fraction of sp³-hybridized carbons (Fsp3) is 0.500. The van der Waals surface area contributed by atoms with E-state index in [4.69, 9.17) is 5.73 Å². The highest BCUT2D eigenvalue weighted by molar-refractivity contribution is 7.99. The molecule has 1 amide bonds. The van der Waals surface area contributed by atoms with E-state index in [1.807, 2.05) is 25.1 Å². The van der Waals surface area contributed by atoms with Crippen molar-refractivity contribution in [3.8, 4) is 0 Å². The molecule has 1 atom stereocenters. The van der Waals surface area contributed by atoms with Crippen molar-refractivity contribution in [2.24, 2.45) is 5.73 Å². The van der Waals surface area contributed by atoms with Crippen LogP contribution in [0, 0.1) is 0 Å². The molecule has 0 aliphatic carbocycles. The van der Waals surface area contributed by atoms with Gasteiger partial charge in [-0.1, -0.05) is 31.5 Å². The molecule has 1 unspecified atom stereocenters. The summed E-state index contributed by atoms with van der Waals surface area (Å²) >= 11 is 1.73. The summed E-state index contributed by atoms with van der Waals surface area (Å²) in [6.45, 7) is 4.47. The number of hydrogen-bond donors (Lipinski definition) is 2. The first-order valence-electron chi connectivity index (χ1n) is 6.31. The molecule has 3 N–H and O–H groups in total. The number of nitrogens with two attached hydrogens (primary N) is 1. The number of nitrogens with one attached hydrogen (secondary N) is 1. The van der Waals surface area contributed by atoms with Crippen LogP contribution in [0.4, 0.5) is 0 Å². The van der Waals surface area contributed by atoms with Crippen molar-refractivity contribution in [3.05, 3.63) is 30.3 Å². The monoisotopic (exact) mass is 266 g/mol. The predicted octanol–water partition coefficient (Wildman–Crippen LogP) is 2.41. The molecule has 0 heterocycles. The van der Waals surface area contributed by atoms with Gasteiger partial charge in [0.25, 0.3) is 0 Å². The van der Waals surface area contributed by atoms with Crippen molar-refractivity contribution in [2.45, 2.75) is 37.1 Å². The van der Waals surface area contributed by atoms with Gasteiger partial charge in [0.15, 0.2) is 0 Å². The van der Waals surface area contributed by atoms with Crippen molar-refractivity contribution >= 4 is 17.7 Å². The molecular formula is C14H22N2OS. The lowest BCUT2D eigenvalue weighted by molar-refractivity contribution is -0.125. The van der Waals surface area contributed by atoms with E-state index in [-0.39, 0.29) is 5.91 Å². The van der Waals surface area contributed by atoms with Gasteiger partial charge in [-0.15, -0.1) is 11.8 Å². The molecule has 3 nitrogen and oxygen atoms in total. The van der Waals surface area contributed by atoms with E-state index in [0.717, 1.165) is 12.2 Å². The minimum Gasteiger partial charge on any atom is -0.354 e. The first-order chi connectivity index (χ1) is 8.56. The Balaban J connectivity index is 2.24. The van der Waals surface area contributed by atoms with Gasteiger partial charge < -0.3 is 11.1 Å². The fourth-order valence-corrected chi connectivity index (χ4v) is 2.47. The largest absolute Gasteiger partial charge is 0.354 e. The molecule has 0 aromatic heterocycles. The molecule has 1 aromatic rings. The summed E-state index contributed by atoms with van der Waals surface area (Å²) in [5.74, 6) is 0.802.